The zero-order valence-electron chi connectivity index (χ0n) is 12.6. The number of β-amino-alcohol motifs (C(OH)–C–C–N with tert-alkyl or cyclic N) is 1. The Labute approximate surface area is 126 Å². The third kappa shape index (κ3) is 5.36. The van der Waals surface area contributed by atoms with Crippen LogP contribution >= 0.6 is 0 Å². The second-order valence-electron chi connectivity index (χ2n) is 5.60. The van der Waals surface area contributed by atoms with Crippen molar-refractivity contribution in [3.63, 3.8) is 0 Å². The first-order chi connectivity index (χ1) is 10.2. The van der Waals surface area contributed by atoms with E-state index in [4.69, 9.17) is 0 Å². The van der Waals surface area contributed by atoms with Gasteiger partial charge in [0, 0.05) is 31.4 Å². The van der Waals surface area contributed by atoms with Crippen LogP contribution < -0.4 is 10.6 Å². The summed E-state index contributed by atoms with van der Waals surface area (Å²) in [5.41, 5.74) is 0.804. The SMILES string of the molecule is CCC(O)CN1CCC(NC(=O)Nc2ccccc2)CC1. The van der Waals surface area contributed by atoms with E-state index in [1.165, 1.54) is 0 Å². The second-order valence-corrected chi connectivity index (χ2v) is 5.60. The summed E-state index contributed by atoms with van der Waals surface area (Å²) in [5.74, 6) is 0. The molecule has 116 valence electrons. The summed E-state index contributed by atoms with van der Waals surface area (Å²) in [6, 6.07) is 9.52. The first kappa shape index (κ1) is 15.8. The van der Waals surface area contributed by atoms with Crippen LogP contribution in [0.3, 0.4) is 0 Å². The van der Waals surface area contributed by atoms with Gasteiger partial charge in [-0.25, -0.2) is 4.79 Å². The van der Waals surface area contributed by atoms with Crippen LogP contribution in [0.15, 0.2) is 30.3 Å². The molecule has 2 amide bonds. The van der Waals surface area contributed by atoms with Gasteiger partial charge in [-0.1, -0.05) is 25.1 Å². The van der Waals surface area contributed by atoms with Gasteiger partial charge in [0.2, 0.25) is 0 Å². The van der Waals surface area contributed by atoms with E-state index in [2.05, 4.69) is 15.5 Å². The number of aliphatic hydroxyl groups is 1. The number of benzene rings is 1. The van der Waals surface area contributed by atoms with Crippen LogP contribution in [0.2, 0.25) is 0 Å². The summed E-state index contributed by atoms with van der Waals surface area (Å²) in [4.78, 5) is 14.2. The largest absolute Gasteiger partial charge is 0.392 e. The topological polar surface area (TPSA) is 64.6 Å². The molecule has 3 N–H and O–H groups in total. The number of anilines is 1. The number of hydrogen-bond acceptors (Lipinski definition) is 3. The van der Waals surface area contributed by atoms with Crippen LogP contribution in [-0.4, -0.2) is 47.8 Å². The van der Waals surface area contributed by atoms with Crippen molar-refractivity contribution in [2.24, 2.45) is 0 Å². The lowest BCUT2D eigenvalue weighted by Crippen LogP contribution is -2.47. The van der Waals surface area contributed by atoms with Crippen molar-refractivity contribution in [2.75, 3.05) is 25.0 Å². The fraction of sp³-hybridized carbons (Fsp3) is 0.562. The van der Waals surface area contributed by atoms with Gasteiger partial charge in [0.05, 0.1) is 6.10 Å². The molecule has 5 heteroatoms. The van der Waals surface area contributed by atoms with E-state index in [1.54, 1.807) is 0 Å². The van der Waals surface area contributed by atoms with Gasteiger partial charge in [-0.15, -0.1) is 0 Å². The molecule has 1 atom stereocenters. The molecule has 0 aromatic heterocycles. The third-order valence-electron chi connectivity index (χ3n) is 3.89. The molecule has 0 saturated carbocycles. The second kappa shape index (κ2) is 8.00. The van der Waals surface area contributed by atoms with Gasteiger partial charge in [0.1, 0.15) is 0 Å². The van der Waals surface area contributed by atoms with Gasteiger partial charge in [-0.2, -0.15) is 0 Å². The Balaban J connectivity index is 1.70. The summed E-state index contributed by atoms with van der Waals surface area (Å²) in [7, 11) is 0. The minimum atomic E-state index is -0.240. The predicted octanol–water partition coefficient (Wildman–Crippen LogP) is 2.04. The monoisotopic (exact) mass is 291 g/mol. The Morgan fingerprint density at radius 1 is 1.33 bits per heavy atom. The normalized spacial score (nSPS) is 18.2. The lowest BCUT2D eigenvalue weighted by Gasteiger charge is -2.33. The number of piperidine rings is 1. The quantitative estimate of drug-likeness (QED) is 0.778. The molecule has 0 aliphatic carbocycles. The zero-order valence-corrected chi connectivity index (χ0v) is 12.6. The van der Waals surface area contributed by atoms with E-state index in [9.17, 15) is 9.90 Å². The number of hydrogen-bond donors (Lipinski definition) is 3. The Kier molecular flexibility index (Phi) is 6.02. The minimum Gasteiger partial charge on any atom is -0.392 e. The van der Waals surface area contributed by atoms with Crippen molar-refractivity contribution < 1.29 is 9.90 Å². The van der Waals surface area contributed by atoms with E-state index in [0.717, 1.165) is 44.6 Å². The van der Waals surface area contributed by atoms with Gasteiger partial charge in [0.25, 0.3) is 0 Å². The average Bonchev–Trinajstić information content (AvgIpc) is 2.50. The Bertz CT molecular complexity index is 430. The van der Waals surface area contributed by atoms with E-state index in [-0.39, 0.29) is 18.2 Å². The smallest absolute Gasteiger partial charge is 0.319 e. The number of rotatable bonds is 5. The first-order valence-corrected chi connectivity index (χ1v) is 7.70. The van der Waals surface area contributed by atoms with Gasteiger partial charge in [-0.05, 0) is 31.4 Å². The highest BCUT2D eigenvalue weighted by molar-refractivity contribution is 5.89. The van der Waals surface area contributed by atoms with Crippen molar-refractivity contribution in [3.05, 3.63) is 30.3 Å². The predicted molar refractivity (Wildman–Crippen MR) is 84.4 cm³/mol. The first-order valence-electron chi connectivity index (χ1n) is 7.70. The minimum absolute atomic E-state index is 0.145. The lowest BCUT2D eigenvalue weighted by molar-refractivity contribution is 0.0925. The summed E-state index contributed by atoms with van der Waals surface area (Å²) in [6.07, 6.45) is 2.41. The molecular weight excluding hydrogens is 266 g/mol. The molecule has 1 aliphatic heterocycles. The number of urea groups is 1. The van der Waals surface area contributed by atoms with Gasteiger partial charge >= 0.3 is 6.03 Å². The van der Waals surface area contributed by atoms with E-state index < -0.39 is 0 Å². The molecule has 1 heterocycles. The molecule has 1 unspecified atom stereocenters. The number of aliphatic hydroxyl groups excluding tert-OH is 1. The number of carbonyl (C=O) groups is 1. The van der Waals surface area contributed by atoms with Crippen molar-refractivity contribution in [1.82, 2.24) is 10.2 Å². The molecule has 1 aromatic rings. The van der Waals surface area contributed by atoms with Gasteiger partial charge < -0.3 is 20.6 Å². The van der Waals surface area contributed by atoms with E-state index in [1.807, 2.05) is 37.3 Å². The van der Waals surface area contributed by atoms with Gasteiger partial charge in [-0.3, -0.25) is 0 Å². The maximum atomic E-state index is 11.9. The number of nitrogens with one attached hydrogen (secondary N) is 2. The van der Waals surface area contributed by atoms with Crippen molar-refractivity contribution >= 4 is 11.7 Å². The molecule has 1 saturated heterocycles. The molecule has 0 spiro atoms. The molecule has 0 radical (unpaired) electrons. The molecule has 0 bridgehead atoms. The molecule has 21 heavy (non-hydrogen) atoms. The fourth-order valence-corrected chi connectivity index (χ4v) is 2.56. The Morgan fingerprint density at radius 2 is 2.00 bits per heavy atom. The number of carbonyl (C=O) groups excluding carboxylic acids is 1. The highest BCUT2D eigenvalue weighted by Gasteiger charge is 2.21. The number of nitrogens with zero attached hydrogens (tertiary/aromatic N) is 1. The Morgan fingerprint density at radius 3 is 2.62 bits per heavy atom. The Hall–Kier alpha value is -1.59. The highest BCUT2D eigenvalue weighted by Crippen LogP contribution is 2.12. The van der Waals surface area contributed by atoms with Crippen LogP contribution in [0, 0.1) is 0 Å². The van der Waals surface area contributed by atoms with Crippen LogP contribution in [0.25, 0.3) is 0 Å². The maximum absolute atomic E-state index is 11.9. The van der Waals surface area contributed by atoms with E-state index >= 15 is 0 Å². The third-order valence-corrected chi connectivity index (χ3v) is 3.89. The van der Waals surface area contributed by atoms with Crippen LogP contribution in [0.5, 0.6) is 0 Å². The number of likely N-dealkylation sites (tertiary alicyclic amines) is 1. The summed E-state index contributed by atoms with van der Waals surface area (Å²) in [6.45, 7) is 4.58. The summed E-state index contributed by atoms with van der Waals surface area (Å²) < 4.78 is 0. The van der Waals surface area contributed by atoms with Crippen LogP contribution in [0.4, 0.5) is 10.5 Å². The fourth-order valence-electron chi connectivity index (χ4n) is 2.56. The molecule has 1 aliphatic rings. The average molecular weight is 291 g/mol. The lowest BCUT2D eigenvalue weighted by atomic mass is 10.0. The molecule has 2 rings (SSSR count). The highest BCUT2D eigenvalue weighted by atomic mass is 16.3. The maximum Gasteiger partial charge on any atom is 0.319 e. The van der Waals surface area contributed by atoms with Crippen molar-refractivity contribution in [2.45, 2.75) is 38.3 Å². The molecular formula is C16H25N3O2. The standard InChI is InChI=1S/C16H25N3O2/c1-2-15(20)12-19-10-8-14(9-11-19)18-16(21)17-13-6-4-3-5-7-13/h3-7,14-15,20H,2,8-12H2,1H3,(H2,17,18,21). The van der Waals surface area contributed by atoms with Gasteiger partial charge in [0.15, 0.2) is 0 Å². The molecule has 1 fully saturated rings. The molecule has 1 aromatic carbocycles. The number of para-hydroxylation sites is 1. The van der Waals surface area contributed by atoms with Crippen LogP contribution in [-0.2, 0) is 0 Å². The zero-order chi connectivity index (χ0) is 15.1. The van der Waals surface area contributed by atoms with Crippen molar-refractivity contribution in [1.29, 1.82) is 0 Å². The van der Waals surface area contributed by atoms with E-state index in [0.29, 0.717) is 0 Å². The molecule has 5 nitrogen and oxygen atoms in total. The van der Waals surface area contributed by atoms with Crippen molar-refractivity contribution in [3.8, 4) is 0 Å². The number of amides is 2. The summed E-state index contributed by atoms with van der Waals surface area (Å²) >= 11 is 0. The summed E-state index contributed by atoms with van der Waals surface area (Å²) in [5, 5.41) is 15.5. The van der Waals surface area contributed by atoms with Crippen LogP contribution in [0.1, 0.15) is 26.2 Å².